The first-order valence-electron chi connectivity index (χ1n) is 11.5. The first kappa shape index (κ1) is 23.3. The van der Waals surface area contributed by atoms with Gasteiger partial charge in [0.1, 0.15) is 11.6 Å². The molecule has 182 valence electrons. The predicted octanol–water partition coefficient (Wildman–Crippen LogP) is 6.07. The van der Waals surface area contributed by atoms with Crippen LogP contribution in [0.25, 0.3) is 5.69 Å². The number of anilines is 1. The third-order valence-corrected chi connectivity index (χ3v) is 6.07. The summed E-state index contributed by atoms with van der Waals surface area (Å²) in [5.41, 5.74) is 3.59. The van der Waals surface area contributed by atoms with Gasteiger partial charge in [-0.25, -0.2) is 18.4 Å². The van der Waals surface area contributed by atoms with E-state index in [9.17, 15) is 18.4 Å². The van der Waals surface area contributed by atoms with Crippen LogP contribution in [-0.4, -0.2) is 28.1 Å². The number of carbonyl (C=O) groups excluding carboxylic acids is 2. The number of carbonyl (C=O) groups is 2. The number of fused-ring (bicyclic) bond motifs is 3. The lowest BCUT2D eigenvalue weighted by atomic mass is 10.0. The average Bonchev–Trinajstić information content (AvgIpc) is 3.28. The number of rotatable bonds is 4. The maximum Gasteiger partial charge on any atom is 0.338 e. The minimum atomic E-state index is -0.767. The Morgan fingerprint density at radius 3 is 2.42 bits per heavy atom. The van der Waals surface area contributed by atoms with Crippen molar-refractivity contribution >= 4 is 17.7 Å². The highest BCUT2D eigenvalue weighted by molar-refractivity contribution is 5.92. The van der Waals surface area contributed by atoms with Gasteiger partial charge >= 0.3 is 12.0 Å². The Morgan fingerprint density at radius 2 is 1.69 bits per heavy atom. The molecule has 0 spiro atoms. The highest BCUT2D eigenvalue weighted by atomic mass is 19.1. The minimum absolute atomic E-state index is 0.202. The van der Waals surface area contributed by atoms with E-state index in [2.05, 4.69) is 5.32 Å². The van der Waals surface area contributed by atoms with E-state index in [1.807, 2.05) is 47.2 Å². The summed E-state index contributed by atoms with van der Waals surface area (Å²) in [5.74, 6) is -1.90. The second-order valence-corrected chi connectivity index (χ2v) is 8.39. The molecule has 6 nitrogen and oxygen atoms in total. The molecule has 1 aliphatic heterocycles. The Morgan fingerprint density at radius 1 is 0.972 bits per heavy atom. The quantitative estimate of drug-likeness (QED) is 0.356. The fourth-order valence-corrected chi connectivity index (χ4v) is 4.52. The molecule has 0 aliphatic carbocycles. The van der Waals surface area contributed by atoms with Gasteiger partial charge in [0.2, 0.25) is 0 Å². The summed E-state index contributed by atoms with van der Waals surface area (Å²) in [6.45, 7) is 2.19. The van der Waals surface area contributed by atoms with Gasteiger partial charge in [-0.2, -0.15) is 0 Å². The van der Waals surface area contributed by atoms with Crippen molar-refractivity contribution in [1.29, 1.82) is 0 Å². The molecule has 8 heteroatoms. The van der Waals surface area contributed by atoms with Gasteiger partial charge in [0.15, 0.2) is 0 Å². The van der Waals surface area contributed by atoms with Crippen molar-refractivity contribution in [2.75, 3.05) is 11.9 Å². The molecule has 0 radical (unpaired) electrons. The van der Waals surface area contributed by atoms with Crippen LogP contribution in [0.2, 0.25) is 0 Å². The molecule has 5 rings (SSSR count). The molecule has 1 atom stereocenters. The Bertz CT molecular complexity index is 1410. The number of aromatic nitrogens is 1. The summed E-state index contributed by atoms with van der Waals surface area (Å²) in [7, 11) is 0. The van der Waals surface area contributed by atoms with Crippen molar-refractivity contribution < 1.29 is 23.1 Å². The van der Waals surface area contributed by atoms with E-state index in [-0.39, 0.29) is 13.2 Å². The van der Waals surface area contributed by atoms with E-state index in [0.717, 1.165) is 17.3 Å². The number of nitrogens with zero attached hydrogens (tertiary/aromatic N) is 2. The van der Waals surface area contributed by atoms with Crippen molar-refractivity contribution in [3.05, 3.63) is 119 Å². The monoisotopic (exact) mass is 487 g/mol. The predicted molar refractivity (Wildman–Crippen MR) is 131 cm³/mol. The molecular formula is C28H23F2N3O3. The van der Waals surface area contributed by atoms with Gasteiger partial charge in [-0.15, -0.1) is 0 Å². The molecule has 4 aromatic rings. The highest BCUT2D eigenvalue weighted by Crippen LogP contribution is 2.37. The summed E-state index contributed by atoms with van der Waals surface area (Å²) in [6, 6.07) is 19.7. The van der Waals surface area contributed by atoms with Crippen molar-refractivity contribution in [1.82, 2.24) is 9.47 Å². The zero-order chi connectivity index (χ0) is 25.2. The van der Waals surface area contributed by atoms with Crippen LogP contribution in [0.5, 0.6) is 0 Å². The number of amides is 2. The Balaban J connectivity index is 1.55. The molecule has 1 aliphatic rings. The van der Waals surface area contributed by atoms with E-state index in [4.69, 9.17) is 4.74 Å². The van der Waals surface area contributed by atoms with Gasteiger partial charge in [0, 0.05) is 23.6 Å². The fraction of sp³-hybridized carbons (Fsp3) is 0.143. The fourth-order valence-electron chi connectivity index (χ4n) is 4.52. The Kier molecular flexibility index (Phi) is 6.25. The number of urea groups is 1. The number of nitrogens with one attached hydrogen (secondary N) is 1. The second-order valence-electron chi connectivity index (χ2n) is 8.39. The molecule has 36 heavy (non-hydrogen) atoms. The summed E-state index contributed by atoms with van der Waals surface area (Å²) in [4.78, 5) is 27.2. The highest BCUT2D eigenvalue weighted by Gasteiger charge is 2.33. The number of hydrogen-bond donors (Lipinski definition) is 1. The van der Waals surface area contributed by atoms with Crippen LogP contribution in [0.1, 0.15) is 40.1 Å². The first-order valence-corrected chi connectivity index (χ1v) is 11.5. The van der Waals surface area contributed by atoms with E-state index < -0.39 is 29.7 Å². The summed E-state index contributed by atoms with van der Waals surface area (Å²) in [5, 5.41) is 2.86. The molecule has 0 unspecified atom stereocenters. The number of hydrogen-bond acceptors (Lipinski definition) is 3. The van der Waals surface area contributed by atoms with E-state index in [1.165, 1.54) is 12.1 Å². The van der Waals surface area contributed by atoms with Crippen molar-refractivity contribution in [2.45, 2.75) is 19.5 Å². The molecule has 0 saturated heterocycles. The third kappa shape index (κ3) is 4.45. The van der Waals surface area contributed by atoms with Crippen LogP contribution in [0.3, 0.4) is 0 Å². The van der Waals surface area contributed by atoms with Gasteiger partial charge in [-0.05, 0) is 72.6 Å². The summed E-state index contributed by atoms with van der Waals surface area (Å²) < 4.78 is 35.5. The number of benzene rings is 3. The average molecular weight is 488 g/mol. The smallest absolute Gasteiger partial charge is 0.338 e. The normalized spacial score (nSPS) is 14.4. The number of esters is 1. The van der Waals surface area contributed by atoms with Gasteiger partial charge in [-0.3, -0.25) is 0 Å². The van der Waals surface area contributed by atoms with Crippen LogP contribution < -0.4 is 5.32 Å². The molecule has 1 N–H and O–H groups in total. The Labute approximate surface area is 206 Å². The molecule has 2 heterocycles. The van der Waals surface area contributed by atoms with Crippen molar-refractivity contribution in [3.63, 3.8) is 0 Å². The first-order chi connectivity index (χ1) is 17.4. The SMILES string of the molecule is CCOC(=O)c1ccc(NC(=O)N2Cc3ccccc3-n3cccc3[C@@H]2c2cc(F)cc(F)c2)cc1. The van der Waals surface area contributed by atoms with Crippen molar-refractivity contribution in [2.24, 2.45) is 0 Å². The second kappa shape index (κ2) is 9.65. The Hall–Kier alpha value is -4.46. The molecule has 2 amide bonds. The molecule has 0 bridgehead atoms. The van der Waals surface area contributed by atoms with Crippen LogP contribution in [0, 0.1) is 11.6 Å². The van der Waals surface area contributed by atoms with Gasteiger partial charge < -0.3 is 19.5 Å². The zero-order valence-corrected chi connectivity index (χ0v) is 19.4. The van der Waals surface area contributed by atoms with Crippen LogP contribution >= 0.6 is 0 Å². The largest absolute Gasteiger partial charge is 0.462 e. The molecular weight excluding hydrogens is 464 g/mol. The van der Waals surface area contributed by atoms with Gasteiger partial charge in [0.25, 0.3) is 0 Å². The molecule has 0 fully saturated rings. The van der Waals surface area contributed by atoms with Crippen LogP contribution in [0.15, 0.2) is 85.1 Å². The van der Waals surface area contributed by atoms with E-state index in [0.29, 0.717) is 22.5 Å². The molecule has 3 aromatic carbocycles. The topological polar surface area (TPSA) is 63.6 Å². The van der Waals surface area contributed by atoms with Gasteiger partial charge in [-0.1, -0.05) is 18.2 Å². The molecule has 1 aromatic heterocycles. The lowest BCUT2D eigenvalue weighted by Gasteiger charge is -2.31. The number of para-hydroxylation sites is 1. The van der Waals surface area contributed by atoms with E-state index in [1.54, 1.807) is 36.1 Å². The number of ether oxygens (including phenoxy) is 1. The summed E-state index contributed by atoms with van der Waals surface area (Å²) >= 11 is 0. The molecule has 0 saturated carbocycles. The number of halogens is 2. The maximum atomic E-state index is 14.3. The van der Waals surface area contributed by atoms with E-state index >= 15 is 0 Å². The standard InChI is InChI=1S/C28H23F2N3O3/c1-2-36-27(34)18-9-11-23(12-10-18)31-28(35)33-17-19-6-3-4-7-24(19)32-13-5-8-25(32)26(33)20-14-21(29)16-22(30)15-20/h3-16,26H,2,17H2,1H3,(H,31,35)/t26-/m0/s1. The van der Waals surface area contributed by atoms with Crippen LogP contribution in [0.4, 0.5) is 19.3 Å². The zero-order valence-electron chi connectivity index (χ0n) is 19.4. The third-order valence-electron chi connectivity index (χ3n) is 6.07. The van der Waals surface area contributed by atoms with Gasteiger partial charge in [0.05, 0.1) is 30.4 Å². The van der Waals surface area contributed by atoms with Crippen molar-refractivity contribution in [3.8, 4) is 5.69 Å². The van der Waals surface area contributed by atoms with Crippen LogP contribution in [-0.2, 0) is 11.3 Å². The summed E-state index contributed by atoms with van der Waals surface area (Å²) in [6.07, 6.45) is 1.87. The maximum absolute atomic E-state index is 14.3. The lowest BCUT2D eigenvalue weighted by molar-refractivity contribution is 0.0526. The lowest BCUT2D eigenvalue weighted by Crippen LogP contribution is -2.38. The minimum Gasteiger partial charge on any atom is -0.462 e.